The molecule has 137 heavy (non-hydrogen) atoms. The molecule has 9 aromatic heterocycles. The monoisotopic (exact) mass is 1750 g/mol. The number of aromatic nitrogens is 6. The van der Waals surface area contributed by atoms with Crippen molar-refractivity contribution >= 4 is 218 Å². The quantitative estimate of drug-likeness (QED) is 0.152. The molecular weight excluding hydrogens is 1670 g/mol. The minimum absolute atomic E-state index is 0.912. The van der Waals surface area contributed by atoms with Crippen LogP contribution in [0.25, 0.3) is 275 Å². The van der Waals surface area contributed by atoms with Gasteiger partial charge in [-0.05, 0) is 232 Å². The van der Waals surface area contributed by atoms with E-state index >= 15 is 0 Å². The van der Waals surface area contributed by atoms with Crippen LogP contribution in [0.4, 0.5) is 0 Å². The molecule has 0 aliphatic carbocycles. The summed E-state index contributed by atoms with van der Waals surface area (Å²) >= 11 is 0. The van der Waals surface area contributed by atoms with Crippen molar-refractivity contribution in [3.05, 3.63) is 473 Å². The third-order valence-corrected chi connectivity index (χ3v) is 28.6. The molecule has 22 aromatic carbocycles. The Bertz CT molecular complexity index is 10400. The van der Waals surface area contributed by atoms with Crippen LogP contribution in [0.5, 0.6) is 0 Å². The first kappa shape index (κ1) is 76.3. The zero-order valence-corrected chi connectivity index (χ0v) is 73.9. The van der Waals surface area contributed by atoms with Gasteiger partial charge in [-0.15, -0.1) is 0 Å². The average molecular weight is 1750 g/mol. The largest absolute Gasteiger partial charge is 0.456 e. The van der Waals surface area contributed by atoms with E-state index < -0.39 is 0 Å². The highest BCUT2D eigenvalue weighted by Crippen LogP contribution is 2.50. The van der Waals surface area contributed by atoms with Gasteiger partial charge in [0.25, 0.3) is 0 Å². The molecule has 0 saturated heterocycles. The molecule has 0 aliphatic heterocycles. The van der Waals surface area contributed by atoms with Crippen molar-refractivity contribution in [2.45, 2.75) is 0 Å². The molecule has 0 spiro atoms. The van der Waals surface area contributed by atoms with E-state index in [4.69, 9.17) is 13.3 Å². The zero-order valence-electron chi connectivity index (χ0n) is 73.9. The van der Waals surface area contributed by atoms with E-state index in [1.165, 1.54) is 191 Å². The Labute approximate surface area is 783 Å². The third-order valence-electron chi connectivity index (χ3n) is 28.6. The van der Waals surface area contributed by atoms with Gasteiger partial charge in [-0.2, -0.15) is 0 Å². The summed E-state index contributed by atoms with van der Waals surface area (Å²) in [6, 6.07) is 170. The maximum Gasteiger partial charge on any atom is 0.136 e. The van der Waals surface area contributed by atoms with Crippen LogP contribution in [0, 0.1) is 0 Å². The first-order valence-electron chi connectivity index (χ1n) is 46.8. The van der Waals surface area contributed by atoms with E-state index in [9.17, 15) is 0 Å². The van der Waals surface area contributed by atoms with Crippen molar-refractivity contribution in [1.82, 2.24) is 27.4 Å². The van der Waals surface area contributed by atoms with Crippen LogP contribution in [-0.2, 0) is 0 Å². The second-order valence-electron chi connectivity index (χ2n) is 36.1. The molecule has 0 bridgehead atoms. The summed E-state index contributed by atoms with van der Waals surface area (Å²) in [5, 5.41) is 26.7. The Hall–Kier alpha value is -18.4. The van der Waals surface area contributed by atoms with E-state index in [1.54, 1.807) is 0 Å². The lowest BCUT2D eigenvalue weighted by molar-refractivity contribution is 0.669. The number of hydrogen-bond donors (Lipinski definition) is 0. The van der Waals surface area contributed by atoms with Gasteiger partial charge < -0.3 is 40.7 Å². The molecule has 0 radical (unpaired) electrons. The second-order valence-corrected chi connectivity index (χ2v) is 36.1. The molecule has 31 aromatic rings. The Kier molecular flexibility index (Phi) is 16.7. The second kappa shape index (κ2) is 30.0. The molecule has 0 aliphatic rings. The molecular formula is C128H78N6O3. The number of furan rings is 3. The third kappa shape index (κ3) is 11.7. The van der Waals surface area contributed by atoms with E-state index in [0.717, 1.165) is 83.8 Å². The predicted molar refractivity (Wildman–Crippen MR) is 573 cm³/mol. The summed E-state index contributed by atoms with van der Waals surface area (Å²) in [5.74, 6) is 0. The van der Waals surface area contributed by atoms with E-state index in [2.05, 4.69) is 482 Å². The highest BCUT2D eigenvalue weighted by atomic mass is 16.3. The number of para-hydroxylation sites is 9. The van der Waals surface area contributed by atoms with Crippen molar-refractivity contribution in [1.29, 1.82) is 0 Å². The molecule has 9 heteroatoms. The fraction of sp³-hybridized carbons (Fsp3) is 0. The van der Waals surface area contributed by atoms with Crippen LogP contribution < -0.4 is 0 Å². The van der Waals surface area contributed by atoms with Crippen molar-refractivity contribution in [3.63, 3.8) is 0 Å². The summed E-state index contributed by atoms with van der Waals surface area (Å²) in [6.07, 6.45) is 0. The van der Waals surface area contributed by atoms with Crippen LogP contribution in [-0.4, -0.2) is 27.4 Å². The lowest BCUT2D eigenvalue weighted by atomic mass is 10.0. The maximum atomic E-state index is 6.39. The minimum atomic E-state index is 0.912. The summed E-state index contributed by atoms with van der Waals surface area (Å²) in [4.78, 5) is 0. The van der Waals surface area contributed by atoms with Crippen LogP contribution in [0.3, 0.4) is 0 Å². The normalized spacial score (nSPS) is 12.1. The lowest BCUT2D eigenvalue weighted by Gasteiger charge is -2.11. The fourth-order valence-electron chi connectivity index (χ4n) is 22.7. The van der Waals surface area contributed by atoms with Gasteiger partial charge in [0.05, 0.1) is 66.2 Å². The Morgan fingerprint density at radius 2 is 0.394 bits per heavy atom. The number of hydrogen-bond acceptors (Lipinski definition) is 3. The van der Waals surface area contributed by atoms with Gasteiger partial charge in [-0.3, -0.25) is 0 Å². The summed E-state index contributed by atoms with van der Waals surface area (Å²) < 4.78 is 33.6. The number of rotatable bonds is 8. The van der Waals surface area contributed by atoms with Crippen LogP contribution >= 0.6 is 0 Å². The minimum Gasteiger partial charge on any atom is -0.456 e. The Balaban J connectivity index is 0.0000000996. The number of benzene rings is 22. The SMILES string of the molecule is c1ccc(-c2cccc(-n3c4ccccc4c4cc5c6c7c(ccc6n(-c6ccccc6)c5cc43)oc3ccccc37)c2)cc1.c1ccc(-n2c3cc4c(cc3c3c5c(ccc32)oc2ccccc25)c2ccccc2n4-c2ccc(-c3ccc4ccccc4c3)cc2)cc1.c1ccc(-n2c3cc4c(cc3c3c5c(ccc32)oc2ccccc25)c2ccccc2n4-c2ccc3ccccc3c2)cc1. The predicted octanol–water partition coefficient (Wildman–Crippen LogP) is 35.0. The Morgan fingerprint density at radius 3 is 0.818 bits per heavy atom. The highest BCUT2D eigenvalue weighted by molar-refractivity contribution is 6.33. The van der Waals surface area contributed by atoms with Crippen LogP contribution in [0.1, 0.15) is 0 Å². The van der Waals surface area contributed by atoms with E-state index in [-0.39, 0.29) is 0 Å². The molecule has 0 fully saturated rings. The standard InChI is InChI=1S/C46H28N2O.C42H26N2O.C40H24N2O/c1-2-12-33(13-3-1)48-40-24-25-44-46(36-15-7-9-17-43(36)49-44)45(40)38-27-37-35-14-6-8-16-39(35)47(41(37)28-42(38)48)34-22-20-30(21-23-34)32-19-18-29-10-4-5-11-31(29)26-32;1-3-12-27(13-4-1)28-14-11-17-30(24-28)44-35-20-9-7-18-31(35)33-25-34-38(26-37(33)44)43(29-15-5-2-6-16-29)36-22-23-40-42(41(34)36)32-19-8-10-21-39(32)45-40;1-2-12-27(13-3-1)41-34-20-21-38-40(30-15-7-9-17-37(30)43-38)39(34)32-23-31-29-14-6-8-16-33(29)42(35(31)24-36(32)41)28-19-18-25-10-4-5-11-26(25)22-28/h1-28H;1-26H;1-24H. The maximum absolute atomic E-state index is 6.39. The Morgan fingerprint density at radius 1 is 0.117 bits per heavy atom. The van der Waals surface area contributed by atoms with Gasteiger partial charge in [0.15, 0.2) is 0 Å². The molecule has 638 valence electrons. The molecule has 9 heterocycles. The average Bonchev–Trinajstić information content (AvgIpc) is 1.55. The molecule has 0 amide bonds. The van der Waals surface area contributed by atoms with Crippen molar-refractivity contribution in [2.24, 2.45) is 0 Å². The van der Waals surface area contributed by atoms with Crippen LogP contribution in [0.15, 0.2) is 486 Å². The summed E-state index contributed by atoms with van der Waals surface area (Å²) in [7, 11) is 0. The van der Waals surface area contributed by atoms with Crippen molar-refractivity contribution < 1.29 is 13.3 Å². The smallest absolute Gasteiger partial charge is 0.136 e. The molecule has 0 unspecified atom stereocenters. The summed E-state index contributed by atoms with van der Waals surface area (Å²) in [5.41, 5.74) is 31.4. The van der Waals surface area contributed by atoms with Gasteiger partial charge >= 0.3 is 0 Å². The first-order chi connectivity index (χ1) is 68.0. The number of fused-ring (bicyclic) bond motifs is 32. The van der Waals surface area contributed by atoms with Crippen LogP contribution in [0.2, 0.25) is 0 Å². The lowest BCUT2D eigenvalue weighted by Crippen LogP contribution is -1.96. The fourth-order valence-corrected chi connectivity index (χ4v) is 22.7. The van der Waals surface area contributed by atoms with E-state index in [0.29, 0.717) is 0 Å². The molecule has 0 atom stereocenters. The zero-order chi connectivity index (χ0) is 89.6. The molecule has 31 rings (SSSR count). The number of nitrogens with zero attached hydrogens (tertiary/aromatic N) is 6. The van der Waals surface area contributed by atoms with Crippen molar-refractivity contribution in [3.8, 4) is 56.4 Å². The molecule has 9 nitrogen and oxygen atoms in total. The molecule has 0 N–H and O–H groups in total. The summed E-state index contributed by atoms with van der Waals surface area (Å²) in [6.45, 7) is 0. The van der Waals surface area contributed by atoms with Gasteiger partial charge in [-0.1, -0.05) is 285 Å². The molecule has 0 saturated carbocycles. The van der Waals surface area contributed by atoms with Gasteiger partial charge in [0.2, 0.25) is 0 Å². The highest BCUT2D eigenvalue weighted by Gasteiger charge is 2.28. The van der Waals surface area contributed by atoms with E-state index in [1.807, 2.05) is 18.2 Å². The van der Waals surface area contributed by atoms with Gasteiger partial charge in [0, 0.05) is 131 Å². The van der Waals surface area contributed by atoms with Crippen molar-refractivity contribution in [2.75, 3.05) is 0 Å². The first-order valence-corrected chi connectivity index (χ1v) is 46.8. The van der Waals surface area contributed by atoms with Gasteiger partial charge in [-0.25, -0.2) is 0 Å². The topological polar surface area (TPSA) is 69.0 Å². The van der Waals surface area contributed by atoms with Gasteiger partial charge in [0.1, 0.15) is 33.5 Å².